The Bertz CT molecular complexity index is 426. The number of amides is 2. The lowest BCUT2D eigenvalue weighted by Crippen LogP contribution is -2.75. The summed E-state index contributed by atoms with van der Waals surface area (Å²) in [5.74, 6) is 1.25. The zero-order chi connectivity index (χ0) is 14.9. The van der Waals surface area contributed by atoms with Crippen LogP contribution in [0.2, 0.25) is 0 Å². The zero-order valence-corrected chi connectivity index (χ0v) is 13.8. The molecule has 1 aliphatic heterocycles. The topological polar surface area (TPSA) is 49.4 Å². The molecule has 0 radical (unpaired) electrons. The molecule has 4 nitrogen and oxygen atoms in total. The second-order valence-electron chi connectivity index (χ2n) is 6.79. The van der Waals surface area contributed by atoms with Gasteiger partial charge in [0.1, 0.15) is 11.1 Å². The van der Waals surface area contributed by atoms with Crippen LogP contribution in [-0.2, 0) is 9.59 Å². The minimum Gasteiger partial charge on any atom is -0.340 e. The lowest BCUT2D eigenvalue weighted by molar-refractivity contribution is -0.164. The third kappa shape index (κ3) is 2.37. The summed E-state index contributed by atoms with van der Waals surface area (Å²) >= 11 is 1.75. The molecule has 1 saturated heterocycles. The van der Waals surface area contributed by atoms with Crippen molar-refractivity contribution in [2.75, 3.05) is 18.6 Å². The van der Waals surface area contributed by atoms with Gasteiger partial charge >= 0.3 is 0 Å². The standard InChI is InChI=1S/C16H26N2O2S/c1-21-12-11-18-14(20)15(7-3-2-4-8-15)17-13(19)16(18)9-5-6-10-16/h2-12H2,1H3,(H,17,19). The molecule has 5 heteroatoms. The van der Waals surface area contributed by atoms with E-state index in [0.717, 1.165) is 63.7 Å². The van der Waals surface area contributed by atoms with Gasteiger partial charge < -0.3 is 10.2 Å². The largest absolute Gasteiger partial charge is 0.340 e. The maximum absolute atomic E-state index is 13.2. The van der Waals surface area contributed by atoms with Crippen molar-refractivity contribution in [3.63, 3.8) is 0 Å². The van der Waals surface area contributed by atoms with Gasteiger partial charge in [-0.2, -0.15) is 11.8 Å². The number of carbonyl (C=O) groups excluding carboxylic acids is 2. The van der Waals surface area contributed by atoms with Crippen LogP contribution >= 0.6 is 11.8 Å². The van der Waals surface area contributed by atoms with E-state index in [1.807, 2.05) is 4.90 Å². The van der Waals surface area contributed by atoms with Crippen LogP contribution in [0.3, 0.4) is 0 Å². The predicted octanol–water partition coefficient (Wildman–Crippen LogP) is 2.32. The van der Waals surface area contributed by atoms with Crippen LogP contribution in [0.25, 0.3) is 0 Å². The van der Waals surface area contributed by atoms with Gasteiger partial charge in [0, 0.05) is 12.3 Å². The molecule has 3 aliphatic rings. The van der Waals surface area contributed by atoms with Crippen molar-refractivity contribution in [3.05, 3.63) is 0 Å². The monoisotopic (exact) mass is 310 g/mol. The molecule has 3 fully saturated rings. The fourth-order valence-corrected chi connectivity index (χ4v) is 4.78. The fraction of sp³-hybridized carbons (Fsp3) is 0.875. The van der Waals surface area contributed by atoms with Crippen LogP contribution in [0.15, 0.2) is 0 Å². The molecule has 1 N–H and O–H groups in total. The molecule has 0 aromatic rings. The molecule has 2 spiro atoms. The Hall–Kier alpha value is -0.710. The zero-order valence-electron chi connectivity index (χ0n) is 13.0. The van der Waals surface area contributed by atoms with Gasteiger partial charge in [-0.1, -0.05) is 32.1 Å². The molecular weight excluding hydrogens is 284 g/mol. The maximum atomic E-state index is 13.2. The van der Waals surface area contributed by atoms with Gasteiger partial charge in [0.15, 0.2) is 0 Å². The number of piperazine rings is 1. The Balaban J connectivity index is 1.91. The van der Waals surface area contributed by atoms with Gasteiger partial charge in [0.2, 0.25) is 11.8 Å². The molecule has 2 saturated carbocycles. The van der Waals surface area contributed by atoms with Crippen LogP contribution in [0, 0.1) is 0 Å². The summed E-state index contributed by atoms with van der Waals surface area (Å²) < 4.78 is 0. The molecule has 2 amide bonds. The van der Waals surface area contributed by atoms with Gasteiger partial charge in [-0.15, -0.1) is 0 Å². The van der Waals surface area contributed by atoms with Crippen LogP contribution in [-0.4, -0.2) is 46.3 Å². The van der Waals surface area contributed by atoms with E-state index < -0.39 is 11.1 Å². The molecule has 2 aliphatic carbocycles. The van der Waals surface area contributed by atoms with Crippen molar-refractivity contribution < 1.29 is 9.59 Å². The number of carbonyl (C=O) groups is 2. The highest BCUT2D eigenvalue weighted by molar-refractivity contribution is 7.98. The second kappa shape index (κ2) is 5.82. The van der Waals surface area contributed by atoms with E-state index in [2.05, 4.69) is 11.6 Å². The summed E-state index contributed by atoms with van der Waals surface area (Å²) in [4.78, 5) is 28.1. The van der Waals surface area contributed by atoms with E-state index in [0.29, 0.717) is 0 Å². The van der Waals surface area contributed by atoms with Crippen molar-refractivity contribution in [1.82, 2.24) is 10.2 Å². The summed E-state index contributed by atoms with van der Waals surface area (Å²) in [6, 6.07) is 0. The second-order valence-corrected chi connectivity index (χ2v) is 7.77. The third-order valence-electron chi connectivity index (χ3n) is 5.60. The Labute approximate surface area is 131 Å². The summed E-state index contributed by atoms with van der Waals surface area (Å²) in [5, 5.41) is 3.18. The Morgan fingerprint density at radius 2 is 1.67 bits per heavy atom. The lowest BCUT2D eigenvalue weighted by atomic mass is 9.75. The molecule has 21 heavy (non-hydrogen) atoms. The average molecular weight is 310 g/mol. The Morgan fingerprint density at radius 1 is 1.05 bits per heavy atom. The summed E-state index contributed by atoms with van der Waals surface area (Å²) in [6.45, 7) is 0.717. The number of nitrogens with one attached hydrogen (secondary N) is 1. The molecule has 0 atom stereocenters. The third-order valence-corrected chi connectivity index (χ3v) is 6.19. The van der Waals surface area contributed by atoms with Crippen LogP contribution in [0.4, 0.5) is 0 Å². The van der Waals surface area contributed by atoms with Crippen molar-refractivity contribution >= 4 is 23.6 Å². The number of nitrogens with zero attached hydrogens (tertiary/aromatic N) is 1. The first-order chi connectivity index (χ1) is 10.1. The average Bonchev–Trinajstić information content (AvgIpc) is 2.98. The molecule has 0 unspecified atom stereocenters. The first-order valence-corrected chi connectivity index (χ1v) is 9.68. The van der Waals surface area contributed by atoms with Gasteiger partial charge in [-0.05, 0) is 31.9 Å². The van der Waals surface area contributed by atoms with Gasteiger partial charge in [0.05, 0.1) is 0 Å². The first-order valence-electron chi connectivity index (χ1n) is 8.28. The molecule has 0 aromatic heterocycles. The maximum Gasteiger partial charge on any atom is 0.249 e. The van der Waals surface area contributed by atoms with Crippen LogP contribution < -0.4 is 5.32 Å². The number of thioether (sulfide) groups is 1. The van der Waals surface area contributed by atoms with E-state index in [1.54, 1.807) is 11.8 Å². The molecule has 0 bridgehead atoms. The summed E-state index contributed by atoms with van der Waals surface area (Å²) in [5.41, 5.74) is -1.11. The van der Waals surface area contributed by atoms with Crippen molar-refractivity contribution in [3.8, 4) is 0 Å². The summed E-state index contributed by atoms with van der Waals surface area (Å²) in [7, 11) is 0. The SMILES string of the molecule is CSCCN1C(=O)C2(CCCCC2)NC(=O)C12CCCC2. The fourth-order valence-electron chi connectivity index (χ4n) is 4.41. The van der Waals surface area contributed by atoms with E-state index in [4.69, 9.17) is 0 Å². The molecular formula is C16H26N2O2S. The highest BCUT2D eigenvalue weighted by Crippen LogP contribution is 2.43. The summed E-state index contributed by atoms with van der Waals surface area (Å²) in [6.07, 6.45) is 10.8. The van der Waals surface area contributed by atoms with Crippen LogP contribution in [0.5, 0.6) is 0 Å². The quantitative estimate of drug-likeness (QED) is 0.870. The minimum atomic E-state index is -0.582. The van der Waals surface area contributed by atoms with Gasteiger partial charge in [-0.25, -0.2) is 0 Å². The number of hydrogen-bond acceptors (Lipinski definition) is 3. The number of hydrogen-bond donors (Lipinski definition) is 1. The molecule has 1 heterocycles. The lowest BCUT2D eigenvalue weighted by Gasteiger charge is -2.52. The molecule has 3 rings (SSSR count). The van der Waals surface area contributed by atoms with Gasteiger partial charge in [-0.3, -0.25) is 9.59 Å². The van der Waals surface area contributed by atoms with Crippen molar-refractivity contribution in [1.29, 1.82) is 0 Å². The van der Waals surface area contributed by atoms with E-state index in [1.165, 1.54) is 6.42 Å². The smallest absolute Gasteiger partial charge is 0.249 e. The van der Waals surface area contributed by atoms with Gasteiger partial charge in [0.25, 0.3) is 0 Å². The van der Waals surface area contributed by atoms with E-state index in [-0.39, 0.29) is 11.8 Å². The van der Waals surface area contributed by atoms with E-state index in [9.17, 15) is 9.59 Å². The van der Waals surface area contributed by atoms with Crippen LogP contribution in [0.1, 0.15) is 57.8 Å². The molecule has 0 aromatic carbocycles. The van der Waals surface area contributed by atoms with Crippen molar-refractivity contribution in [2.45, 2.75) is 68.9 Å². The number of rotatable bonds is 3. The molecule has 118 valence electrons. The highest BCUT2D eigenvalue weighted by Gasteiger charge is 2.58. The van der Waals surface area contributed by atoms with E-state index >= 15 is 0 Å². The Morgan fingerprint density at radius 3 is 2.29 bits per heavy atom. The predicted molar refractivity (Wildman–Crippen MR) is 85.3 cm³/mol. The Kier molecular flexibility index (Phi) is 4.21. The van der Waals surface area contributed by atoms with Crippen molar-refractivity contribution in [2.24, 2.45) is 0 Å². The minimum absolute atomic E-state index is 0.127. The first kappa shape index (κ1) is 15.2. The normalized spacial score (nSPS) is 27.4. The highest BCUT2D eigenvalue weighted by atomic mass is 32.2.